The van der Waals surface area contributed by atoms with Gasteiger partial charge >= 0.3 is 0 Å². The summed E-state index contributed by atoms with van der Waals surface area (Å²) in [6, 6.07) is 0. The van der Waals surface area contributed by atoms with E-state index in [4.69, 9.17) is 4.74 Å². The van der Waals surface area contributed by atoms with Crippen LogP contribution in [0.5, 0.6) is 0 Å². The molecule has 1 rings (SSSR count). The normalized spacial score (nSPS) is 20.8. The molecule has 4 nitrogen and oxygen atoms in total. The molecule has 94 valence electrons. The summed E-state index contributed by atoms with van der Waals surface area (Å²) in [5.41, 5.74) is 0. The number of nitrogens with one attached hydrogen (secondary N) is 1. The number of hydrogen-bond donors (Lipinski definition) is 1. The average molecular weight is 228 g/mol. The van der Waals surface area contributed by atoms with Crippen LogP contribution in [0.3, 0.4) is 0 Å². The molecular weight excluding hydrogens is 204 g/mol. The Morgan fingerprint density at radius 3 is 3.00 bits per heavy atom. The van der Waals surface area contributed by atoms with E-state index in [1.807, 2.05) is 18.9 Å². The van der Waals surface area contributed by atoms with Crippen LogP contribution in [0.4, 0.5) is 0 Å². The number of carbonyl (C=O) groups is 1. The van der Waals surface area contributed by atoms with Gasteiger partial charge in [-0.2, -0.15) is 0 Å². The largest absolute Gasteiger partial charge is 0.381 e. The van der Waals surface area contributed by atoms with Gasteiger partial charge in [0.15, 0.2) is 0 Å². The van der Waals surface area contributed by atoms with Crippen LogP contribution in [0.15, 0.2) is 0 Å². The van der Waals surface area contributed by atoms with Crippen LogP contribution < -0.4 is 5.32 Å². The lowest BCUT2D eigenvalue weighted by Crippen LogP contribution is -2.39. The second-order valence-corrected chi connectivity index (χ2v) is 4.43. The first-order chi connectivity index (χ1) is 7.74. The zero-order valence-electron chi connectivity index (χ0n) is 10.5. The van der Waals surface area contributed by atoms with Gasteiger partial charge in [0.25, 0.3) is 0 Å². The molecule has 1 fully saturated rings. The van der Waals surface area contributed by atoms with E-state index < -0.39 is 0 Å². The minimum Gasteiger partial charge on any atom is -0.381 e. The maximum absolute atomic E-state index is 11.7. The van der Waals surface area contributed by atoms with E-state index in [0.717, 1.165) is 19.6 Å². The predicted molar refractivity (Wildman–Crippen MR) is 64.3 cm³/mol. The Bertz CT molecular complexity index is 203. The van der Waals surface area contributed by atoms with Gasteiger partial charge in [0.1, 0.15) is 0 Å². The zero-order chi connectivity index (χ0) is 11.8. The molecule has 0 aromatic carbocycles. The van der Waals surface area contributed by atoms with Crippen molar-refractivity contribution in [2.24, 2.45) is 5.92 Å². The quantitative estimate of drug-likeness (QED) is 0.686. The zero-order valence-corrected chi connectivity index (χ0v) is 10.5. The molecule has 0 aliphatic carbocycles. The van der Waals surface area contributed by atoms with Crippen molar-refractivity contribution in [1.29, 1.82) is 0 Å². The lowest BCUT2D eigenvalue weighted by atomic mass is 9.99. The van der Waals surface area contributed by atoms with Crippen LogP contribution >= 0.6 is 0 Å². The van der Waals surface area contributed by atoms with E-state index >= 15 is 0 Å². The maximum atomic E-state index is 11.7. The van der Waals surface area contributed by atoms with Gasteiger partial charge in [-0.3, -0.25) is 4.79 Å². The molecule has 0 radical (unpaired) electrons. The summed E-state index contributed by atoms with van der Waals surface area (Å²) in [7, 11) is 1.89. The Morgan fingerprint density at radius 1 is 1.56 bits per heavy atom. The Labute approximate surface area is 98.3 Å². The van der Waals surface area contributed by atoms with Crippen LogP contribution in [0.25, 0.3) is 0 Å². The number of nitrogens with zero attached hydrogens (tertiary/aromatic N) is 1. The first-order valence-corrected chi connectivity index (χ1v) is 6.26. The molecule has 1 aliphatic heterocycles. The molecule has 0 aromatic rings. The Balaban J connectivity index is 2.16. The molecule has 4 heteroatoms. The highest BCUT2D eigenvalue weighted by molar-refractivity contribution is 5.75. The third-order valence-corrected chi connectivity index (χ3v) is 3.02. The van der Waals surface area contributed by atoms with E-state index in [1.54, 1.807) is 0 Å². The first kappa shape index (κ1) is 13.5. The fraction of sp³-hybridized carbons (Fsp3) is 0.917. The van der Waals surface area contributed by atoms with Crippen LogP contribution in [0, 0.1) is 5.92 Å². The third-order valence-electron chi connectivity index (χ3n) is 3.02. The fourth-order valence-electron chi connectivity index (χ4n) is 2.06. The fourth-order valence-corrected chi connectivity index (χ4v) is 2.06. The Morgan fingerprint density at radius 2 is 2.38 bits per heavy atom. The van der Waals surface area contributed by atoms with E-state index in [2.05, 4.69) is 5.32 Å². The highest BCUT2D eigenvalue weighted by atomic mass is 16.5. The van der Waals surface area contributed by atoms with E-state index in [-0.39, 0.29) is 5.91 Å². The van der Waals surface area contributed by atoms with Gasteiger partial charge < -0.3 is 15.0 Å². The summed E-state index contributed by atoms with van der Waals surface area (Å²) >= 11 is 0. The molecule has 1 saturated heterocycles. The number of carbonyl (C=O) groups excluding carboxylic acids is 1. The van der Waals surface area contributed by atoms with Crippen molar-refractivity contribution in [3.05, 3.63) is 0 Å². The molecule has 1 N–H and O–H groups in total. The van der Waals surface area contributed by atoms with Crippen molar-refractivity contribution in [3.63, 3.8) is 0 Å². The molecule has 0 saturated carbocycles. The number of amides is 1. The SMILES string of the molecule is CCOCCC(=O)N(C)CC1CCCNC1. The maximum Gasteiger partial charge on any atom is 0.224 e. The smallest absolute Gasteiger partial charge is 0.224 e. The van der Waals surface area contributed by atoms with Crippen molar-refractivity contribution >= 4 is 5.91 Å². The number of piperidine rings is 1. The molecular formula is C12H24N2O2. The summed E-state index contributed by atoms with van der Waals surface area (Å²) in [6.45, 7) is 6.22. The average Bonchev–Trinajstić information content (AvgIpc) is 2.30. The van der Waals surface area contributed by atoms with Crippen LogP contribution in [0.1, 0.15) is 26.2 Å². The summed E-state index contributed by atoms with van der Waals surface area (Å²) in [6.07, 6.45) is 2.96. The monoisotopic (exact) mass is 228 g/mol. The van der Waals surface area contributed by atoms with Gasteiger partial charge in [-0.15, -0.1) is 0 Å². The topological polar surface area (TPSA) is 41.6 Å². The van der Waals surface area contributed by atoms with Gasteiger partial charge in [0, 0.05) is 20.2 Å². The van der Waals surface area contributed by atoms with Gasteiger partial charge in [-0.1, -0.05) is 0 Å². The lowest BCUT2D eigenvalue weighted by molar-refractivity contribution is -0.131. The van der Waals surface area contributed by atoms with E-state index in [1.165, 1.54) is 12.8 Å². The van der Waals surface area contributed by atoms with Gasteiger partial charge in [-0.05, 0) is 38.8 Å². The van der Waals surface area contributed by atoms with Crippen molar-refractivity contribution in [2.45, 2.75) is 26.2 Å². The van der Waals surface area contributed by atoms with Gasteiger partial charge in [0.05, 0.1) is 13.0 Å². The third kappa shape index (κ3) is 4.94. The first-order valence-electron chi connectivity index (χ1n) is 6.26. The number of rotatable bonds is 6. The minimum atomic E-state index is 0.194. The summed E-state index contributed by atoms with van der Waals surface area (Å²) in [4.78, 5) is 13.6. The molecule has 0 bridgehead atoms. The molecule has 1 unspecified atom stereocenters. The van der Waals surface area contributed by atoms with Crippen LogP contribution in [-0.4, -0.2) is 50.7 Å². The molecule has 1 aliphatic rings. The highest BCUT2D eigenvalue weighted by Crippen LogP contribution is 2.11. The number of hydrogen-bond acceptors (Lipinski definition) is 3. The van der Waals surface area contributed by atoms with Crippen molar-refractivity contribution in [1.82, 2.24) is 10.2 Å². The van der Waals surface area contributed by atoms with Crippen LogP contribution in [0.2, 0.25) is 0 Å². The van der Waals surface area contributed by atoms with Crippen molar-refractivity contribution in [3.8, 4) is 0 Å². The van der Waals surface area contributed by atoms with Gasteiger partial charge in [0.2, 0.25) is 5.91 Å². The second-order valence-electron chi connectivity index (χ2n) is 4.43. The van der Waals surface area contributed by atoms with Gasteiger partial charge in [-0.25, -0.2) is 0 Å². The summed E-state index contributed by atoms with van der Waals surface area (Å²) in [5, 5.41) is 3.37. The molecule has 0 aromatic heterocycles. The Hall–Kier alpha value is -0.610. The second kappa shape index (κ2) is 7.63. The number of ether oxygens (including phenoxy) is 1. The van der Waals surface area contributed by atoms with E-state index in [9.17, 15) is 4.79 Å². The predicted octanol–water partition coefficient (Wildman–Crippen LogP) is 0.871. The summed E-state index contributed by atoms with van der Waals surface area (Å²) in [5.74, 6) is 0.814. The van der Waals surface area contributed by atoms with E-state index in [0.29, 0.717) is 25.6 Å². The molecule has 1 amide bonds. The molecule has 16 heavy (non-hydrogen) atoms. The Kier molecular flexibility index (Phi) is 6.42. The van der Waals surface area contributed by atoms with Crippen molar-refractivity contribution < 1.29 is 9.53 Å². The standard InChI is InChI=1S/C12H24N2O2/c1-3-16-8-6-12(15)14(2)10-11-5-4-7-13-9-11/h11,13H,3-10H2,1-2H3. The molecule has 1 heterocycles. The van der Waals surface area contributed by atoms with Crippen molar-refractivity contribution in [2.75, 3.05) is 39.9 Å². The highest BCUT2D eigenvalue weighted by Gasteiger charge is 2.17. The summed E-state index contributed by atoms with van der Waals surface area (Å²) < 4.78 is 5.18. The molecule has 1 atom stereocenters. The van der Waals surface area contributed by atoms with Crippen LogP contribution in [-0.2, 0) is 9.53 Å². The minimum absolute atomic E-state index is 0.194. The lowest BCUT2D eigenvalue weighted by Gasteiger charge is -2.27. The molecule has 0 spiro atoms.